The lowest BCUT2D eigenvalue weighted by molar-refractivity contribution is -0.121. The van der Waals surface area contributed by atoms with Gasteiger partial charge in [0.25, 0.3) is 0 Å². The van der Waals surface area contributed by atoms with Gasteiger partial charge in [0.15, 0.2) is 0 Å². The molecular weight excluding hydrogens is 330 g/mol. The first-order valence-electron chi connectivity index (χ1n) is 8.74. The summed E-state index contributed by atoms with van der Waals surface area (Å²) in [4.78, 5) is 24.8. The fourth-order valence-electron chi connectivity index (χ4n) is 2.99. The number of carbonyl (C=O) groups excluding carboxylic acids is 1. The van der Waals surface area contributed by atoms with E-state index in [9.17, 15) is 9.59 Å². The smallest absolute Gasteiger partial charge is 0.329 e. The van der Waals surface area contributed by atoms with E-state index in [1.165, 1.54) is 4.57 Å². The van der Waals surface area contributed by atoms with Crippen molar-refractivity contribution in [3.63, 3.8) is 0 Å². The van der Waals surface area contributed by atoms with E-state index in [0.29, 0.717) is 19.7 Å². The van der Waals surface area contributed by atoms with E-state index in [4.69, 9.17) is 4.74 Å². The van der Waals surface area contributed by atoms with Gasteiger partial charge in [-0.3, -0.25) is 13.9 Å². The summed E-state index contributed by atoms with van der Waals surface area (Å²) in [7, 11) is 0. The van der Waals surface area contributed by atoms with E-state index in [0.717, 1.165) is 22.3 Å². The van der Waals surface area contributed by atoms with Crippen LogP contribution in [0.1, 0.15) is 12.5 Å². The van der Waals surface area contributed by atoms with Crippen molar-refractivity contribution >= 4 is 16.9 Å². The first-order chi connectivity index (χ1) is 12.6. The van der Waals surface area contributed by atoms with E-state index in [2.05, 4.69) is 5.32 Å². The van der Waals surface area contributed by atoms with Crippen LogP contribution in [0.3, 0.4) is 0 Å². The molecule has 3 aromatic rings. The number of amides is 1. The molecule has 0 spiro atoms. The number of aryl methyl sites for hydroxylation is 2. The van der Waals surface area contributed by atoms with Crippen LogP contribution in [0, 0.1) is 6.92 Å². The van der Waals surface area contributed by atoms with Gasteiger partial charge in [-0.05, 0) is 43.7 Å². The Bertz CT molecular complexity index is 972. The molecule has 0 aliphatic rings. The second-order valence-corrected chi connectivity index (χ2v) is 6.12. The average Bonchev–Trinajstić information content (AvgIpc) is 2.90. The van der Waals surface area contributed by atoms with Crippen LogP contribution < -0.4 is 15.7 Å². The summed E-state index contributed by atoms with van der Waals surface area (Å²) < 4.78 is 8.80. The third kappa shape index (κ3) is 3.79. The average molecular weight is 353 g/mol. The zero-order valence-electron chi connectivity index (χ0n) is 15.1. The molecule has 0 saturated heterocycles. The van der Waals surface area contributed by atoms with E-state index in [1.807, 2.05) is 62.4 Å². The van der Waals surface area contributed by atoms with Gasteiger partial charge in [-0.25, -0.2) is 4.79 Å². The van der Waals surface area contributed by atoms with E-state index in [-0.39, 0.29) is 18.1 Å². The monoisotopic (exact) mass is 353 g/mol. The van der Waals surface area contributed by atoms with Crippen LogP contribution in [0.25, 0.3) is 11.0 Å². The second kappa shape index (κ2) is 7.91. The van der Waals surface area contributed by atoms with Gasteiger partial charge in [-0.2, -0.15) is 0 Å². The van der Waals surface area contributed by atoms with Crippen LogP contribution in [0.15, 0.2) is 53.3 Å². The standard InChI is InChI=1S/C20H23N3O3/c1-3-22-17-9-4-5-10-18(17)23(20(22)25)14-19(24)21-11-12-26-16-8-6-7-15(2)13-16/h4-10,13H,3,11-12,14H2,1-2H3,(H,21,24). The quantitative estimate of drug-likeness (QED) is 0.663. The van der Waals surface area contributed by atoms with Crippen LogP contribution in [0.4, 0.5) is 0 Å². The fourth-order valence-corrected chi connectivity index (χ4v) is 2.99. The molecule has 0 fully saturated rings. The summed E-state index contributed by atoms with van der Waals surface area (Å²) in [6.07, 6.45) is 0. The molecule has 3 rings (SSSR count). The Kier molecular flexibility index (Phi) is 5.41. The predicted octanol–water partition coefficient (Wildman–Crippen LogP) is 2.33. The van der Waals surface area contributed by atoms with Crippen molar-refractivity contribution in [1.29, 1.82) is 0 Å². The van der Waals surface area contributed by atoms with Crippen LogP contribution in [-0.4, -0.2) is 28.2 Å². The Hall–Kier alpha value is -3.02. The van der Waals surface area contributed by atoms with E-state index in [1.54, 1.807) is 4.57 Å². The molecule has 1 heterocycles. The van der Waals surface area contributed by atoms with E-state index >= 15 is 0 Å². The lowest BCUT2D eigenvalue weighted by Gasteiger charge is -2.09. The first-order valence-corrected chi connectivity index (χ1v) is 8.74. The predicted molar refractivity (Wildman–Crippen MR) is 102 cm³/mol. The Morgan fingerprint density at radius 3 is 2.50 bits per heavy atom. The number of hydrogen-bond donors (Lipinski definition) is 1. The lowest BCUT2D eigenvalue weighted by Crippen LogP contribution is -2.35. The summed E-state index contributed by atoms with van der Waals surface area (Å²) in [5.74, 6) is 0.570. The molecule has 6 heteroatoms. The zero-order chi connectivity index (χ0) is 18.5. The number of hydrogen-bond acceptors (Lipinski definition) is 3. The van der Waals surface area contributed by atoms with Gasteiger partial charge in [0.05, 0.1) is 17.6 Å². The topological polar surface area (TPSA) is 65.3 Å². The highest BCUT2D eigenvalue weighted by Crippen LogP contribution is 2.13. The van der Waals surface area contributed by atoms with Crippen molar-refractivity contribution in [3.05, 3.63) is 64.6 Å². The van der Waals surface area contributed by atoms with Gasteiger partial charge >= 0.3 is 5.69 Å². The molecule has 0 radical (unpaired) electrons. The lowest BCUT2D eigenvalue weighted by atomic mass is 10.2. The number of benzene rings is 2. The summed E-state index contributed by atoms with van der Waals surface area (Å²) in [5.41, 5.74) is 2.57. The fraction of sp³-hybridized carbons (Fsp3) is 0.300. The van der Waals surface area contributed by atoms with Crippen LogP contribution in [0.5, 0.6) is 5.75 Å². The van der Waals surface area contributed by atoms with Crippen molar-refractivity contribution in [1.82, 2.24) is 14.5 Å². The molecule has 6 nitrogen and oxygen atoms in total. The maximum atomic E-state index is 12.5. The molecule has 0 unspecified atom stereocenters. The number of fused-ring (bicyclic) bond motifs is 1. The second-order valence-electron chi connectivity index (χ2n) is 6.12. The molecule has 0 aliphatic carbocycles. The molecule has 1 amide bonds. The van der Waals surface area contributed by atoms with Crippen LogP contribution in [-0.2, 0) is 17.9 Å². The number of rotatable bonds is 7. The number of nitrogens with zero attached hydrogens (tertiary/aromatic N) is 2. The van der Waals surface area contributed by atoms with Gasteiger partial charge in [0, 0.05) is 6.54 Å². The van der Waals surface area contributed by atoms with Gasteiger partial charge in [-0.15, -0.1) is 0 Å². The summed E-state index contributed by atoms with van der Waals surface area (Å²) in [5, 5.41) is 2.80. The number of carbonyl (C=O) groups is 1. The highest BCUT2D eigenvalue weighted by atomic mass is 16.5. The summed E-state index contributed by atoms with van der Waals surface area (Å²) in [6.45, 7) is 5.24. The molecule has 2 aromatic carbocycles. The SMILES string of the molecule is CCn1c(=O)n(CC(=O)NCCOc2cccc(C)c2)c2ccccc21. The molecule has 0 saturated carbocycles. The first kappa shape index (κ1) is 17.8. The van der Waals surface area contributed by atoms with Crippen LogP contribution in [0.2, 0.25) is 0 Å². The normalized spacial score (nSPS) is 10.8. The molecule has 0 bridgehead atoms. The minimum atomic E-state index is -0.209. The third-order valence-electron chi connectivity index (χ3n) is 4.23. The largest absolute Gasteiger partial charge is 0.492 e. The highest BCUT2D eigenvalue weighted by molar-refractivity contribution is 5.80. The van der Waals surface area contributed by atoms with Gasteiger partial charge in [-0.1, -0.05) is 24.3 Å². The van der Waals surface area contributed by atoms with Gasteiger partial charge < -0.3 is 10.1 Å². The summed E-state index contributed by atoms with van der Waals surface area (Å²) >= 11 is 0. The molecular formula is C20H23N3O3. The number of nitrogens with one attached hydrogen (secondary N) is 1. The molecule has 0 atom stereocenters. The zero-order valence-corrected chi connectivity index (χ0v) is 15.1. The minimum absolute atomic E-state index is 0.00318. The number of aromatic nitrogens is 2. The molecule has 1 N–H and O–H groups in total. The number of imidazole rings is 1. The summed E-state index contributed by atoms with van der Waals surface area (Å²) in [6, 6.07) is 15.3. The third-order valence-corrected chi connectivity index (χ3v) is 4.23. The minimum Gasteiger partial charge on any atom is -0.492 e. The highest BCUT2D eigenvalue weighted by Gasteiger charge is 2.14. The number of para-hydroxylation sites is 2. The van der Waals surface area contributed by atoms with Crippen molar-refractivity contribution < 1.29 is 9.53 Å². The maximum absolute atomic E-state index is 12.5. The molecule has 0 aliphatic heterocycles. The Morgan fingerprint density at radius 2 is 1.81 bits per heavy atom. The van der Waals surface area contributed by atoms with Crippen molar-refractivity contribution in [2.75, 3.05) is 13.2 Å². The van der Waals surface area contributed by atoms with Gasteiger partial charge in [0.1, 0.15) is 18.9 Å². The Labute approximate surface area is 152 Å². The van der Waals surface area contributed by atoms with E-state index < -0.39 is 0 Å². The molecule has 26 heavy (non-hydrogen) atoms. The van der Waals surface area contributed by atoms with Crippen molar-refractivity contribution in [3.8, 4) is 5.75 Å². The Balaban J connectivity index is 1.59. The number of ether oxygens (including phenoxy) is 1. The molecule has 136 valence electrons. The van der Waals surface area contributed by atoms with Crippen molar-refractivity contribution in [2.45, 2.75) is 26.9 Å². The Morgan fingerprint density at radius 1 is 1.08 bits per heavy atom. The molecule has 1 aromatic heterocycles. The van der Waals surface area contributed by atoms with Crippen molar-refractivity contribution in [2.24, 2.45) is 0 Å². The van der Waals surface area contributed by atoms with Gasteiger partial charge in [0.2, 0.25) is 5.91 Å². The maximum Gasteiger partial charge on any atom is 0.329 e. The van der Waals surface area contributed by atoms with Crippen LogP contribution >= 0.6 is 0 Å².